The van der Waals surface area contributed by atoms with Crippen LogP contribution in [-0.4, -0.2) is 47.0 Å². The molecule has 1 aliphatic rings. The third-order valence-corrected chi connectivity index (χ3v) is 4.40. The van der Waals surface area contributed by atoms with Gasteiger partial charge >= 0.3 is 0 Å². The number of benzene rings is 1. The molecule has 1 saturated heterocycles. The number of ether oxygens (including phenoxy) is 1. The largest absolute Gasteiger partial charge is 0.497 e. The van der Waals surface area contributed by atoms with Gasteiger partial charge in [-0.25, -0.2) is 0 Å². The number of piperidine rings is 1. The van der Waals surface area contributed by atoms with Gasteiger partial charge in [-0.1, -0.05) is 6.92 Å². The van der Waals surface area contributed by atoms with Gasteiger partial charge in [0.15, 0.2) is 0 Å². The van der Waals surface area contributed by atoms with Crippen LogP contribution in [0.2, 0.25) is 0 Å². The lowest BCUT2D eigenvalue weighted by Crippen LogP contribution is -2.43. The first-order valence-corrected chi connectivity index (χ1v) is 7.92. The van der Waals surface area contributed by atoms with Crippen LogP contribution in [0.1, 0.15) is 25.7 Å². The minimum Gasteiger partial charge on any atom is -0.497 e. The lowest BCUT2D eigenvalue weighted by Gasteiger charge is -2.38. The second kappa shape index (κ2) is 6.68. The third-order valence-electron chi connectivity index (χ3n) is 4.40. The van der Waals surface area contributed by atoms with Crippen LogP contribution in [-0.2, 0) is 6.54 Å². The van der Waals surface area contributed by atoms with E-state index in [-0.39, 0.29) is 12.0 Å². The highest BCUT2D eigenvalue weighted by Gasteiger charge is 2.30. The zero-order valence-electron chi connectivity index (χ0n) is 13.7. The van der Waals surface area contributed by atoms with E-state index >= 15 is 0 Å². The van der Waals surface area contributed by atoms with Gasteiger partial charge in [0.2, 0.25) is 11.8 Å². The van der Waals surface area contributed by atoms with E-state index in [4.69, 9.17) is 9.15 Å². The molecule has 23 heavy (non-hydrogen) atoms. The van der Waals surface area contributed by atoms with Crippen molar-refractivity contribution in [2.24, 2.45) is 5.41 Å². The Bertz CT molecular complexity index is 641. The molecule has 0 radical (unpaired) electrons. The predicted octanol–water partition coefficient (Wildman–Crippen LogP) is 2.34. The van der Waals surface area contributed by atoms with Crippen molar-refractivity contribution >= 4 is 0 Å². The van der Waals surface area contributed by atoms with Crippen molar-refractivity contribution in [2.75, 3.05) is 26.8 Å². The first-order valence-electron chi connectivity index (χ1n) is 7.92. The fraction of sp³-hybridized carbons (Fsp3) is 0.529. The molecule has 0 saturated carbocycles. The van der Waals surface area contributed by atoms with Gasteiger partial charge in [-0.15, -0.1) is 10.2 Å². The van der Waals surface area contributed by atoms with Crippen LogP contribution in [0.5, 0.6) is 5.75 Å². The Morgan fingerprint density at radius 2 is 2.09 bits per heavy atom. The second-order valence-electron chi connectivity index (χ2n) is 6.51. The molecule has 2 heterocycles. The standard InChI is InChI=1S/C17H23N3O3/c1-17(12-21)8-3-9-20(11-17)10-15-18-19-16(23-15)13-4-6-14(22-2)7-5-13/h4-7,21H,3,8-12H2,1-2H3. The van der Waals surface area contributed by atoms with Crippen LogP contribution < -0.4 is 4.74 Å². The highest BCUT2D eigenvalue weighted by atomic mass is 16.5. The molecular weight excluding hydrogens is 294 g/mol. The molecule has 1 N–H and O–H groups in total. The van der Waals surface area contributed by atoms with Gasteiger partial charge in [-0.3, -0.25) is 4.90 Å². The Morgan fingerprint density at radius 1 is 1.30 bits per heavy atom. The van der Waals surface area contributed by atoms with Crippen LogP contribution in [0.25, 0.3) is 11.5 Å². The molecule has 1 aromatic carbocycles. The lowest BCUT2D eigenvalue weighted by molar-refractivity contribution is 0.0392. The summed E-state index contributed by atoms with van der Waals surface area (Å²) in [5.41, 5.74) is 0.847. The minimum absolute atomic E-state index is 0.0307. The number of aromatic nitrogens is 2. The molecule has 3 rings (SSSR count). The summed E-state index contributed by atoms with van der Waals surface area (Å²) in [6.07, 6.45) is 2.14. The summed E-state index contributed by atoms with van der Waals surface area (Å²) in [4.78, 5) is 2.27. The number of hydrogen-bond donors (Lipinski definition) is 1. The van der Waals surface area contributed by atoms with E-state index in [0.29, 0.717) is 18.3 Å². The number of aliphatic hydroxyl groups is 1. The first-order chi connectivity index (χ1) is 11.1. The highest BCUT2D eigenvalue weighted by molar-refractivity contribution is 5.53. The van der Waals surface area contributed by atoms with Gasteiger partial charge in [-0.05, 0) is 43.7 Å². The van der Waals surface area contributed by atoms with Crippen LogP contribution in [0.3, 0.4) is 0 Å². The summed E-state index contributed by atoms with van der Waals surface area (Å²) in [5.74, 6) is 1.92. The van der Waals surface area contributed by atoms with Crippen LogP contribution in [0, 0.1) is 5.41 Å². The smallest absolute Gasteiger partial charge is 0.247 e. The van der Waals surface area contributed by atoms with E-state index in [2.05, 4.69) is 22.0 Å². The Kier molecular flexibility index (Phi) is 4.63. The van der Waals surface area contributed by atoms with Crippen LogP contribution in [0.15, 0.2) is 28.7 Å². The lowest BCUT2D eigenvalue weighted by atomic mass is 9.83. The summed E-state index contributed by atoms with van der Waals surface area (Å²) in [6.45, 7) is 4.80. The zero-order chi connectivity index (χ0) is 16.3. The zero-order valence-corrected chi connectivity index (χ0v) is 13.7. The molecule has 1 unspecified atom stereocenters. The molecule has 124 valence electrons. The van der Waals surface area contributed by atoms with Gasteiger partial charge in [0, 0.05) is 24.1 Å². The highest BCUT2D eigenvalue weighted by Crippen LogP contribution is 2.29. The maximum atomic E-state index is 9.54. The molecule has 0 spiro atoms. The summed E-state index contributed by atoms with van der Waals surface area (Å²) < 4.78 is 10.9. The molecule has 0 bridgehead atoms. The van der Waals surface area contributed by atoms with Crippen LogP contribution >= 0.6 is 0 Å². The Hall–Kier alpha value is -1.92. The quantitative estimate of drug-likeness (QED) is 0.912. The first kappa shape index (κ1) is 16.0. The fourth-order valence-corrected chi connectivity index (χ4v) is 3.05. The average Bonchev–Trinajstić information content (AvgIpc) is 3.03. The molecule has 1 fully saturated rings. The number of aliphatic hydroxyl groups excluding tert-OH is 1. The number of rotatable bonds is 5. The van der Waals surface area contributed by atoms with Crippen molar-refractivity contribution in [3.63, 3.8) is 0 Å². The maximum Gasteiger partial charge on any atom is 0.247 e. The summed E-state index contributed by atoms with van der Waals surface area (Å²) in [7, 11) is 1.64. The van der Waals surface area contributed by atoms with Gasteiger partial charge in [0.25, 0.3) is 0 Å². The van der Waals surface area contributed by atoms with Crippen molar-refractivity contribution in [3.05, 3.63) is 30.2 Å². The molecule has 0 amide bonds. The van der Waals surface area contributed by atoms with Gasteiger partial charge in [0.1, 0.15) is 5.75 Å². The molecular formula is C17H23N3O3. The summed E-state index contributed by atoms with van der Waals surface area (Å²) in [5, 5.41) is 17.8. The van der Waals surface area contributed by atoms with E-state index in [1.807, 2.05) is 24.3 Å². The number of nitrogens with zero attached hydrogens (tertiary/aromatic N) is 3. The molecule has 6 nitrogen and oxygen atoms in total. The third kappa shape index (κ3) is 3.71. The van der Waals surface area contributed by atoms with Gasteiger partial charge < -0.3 is 14.3 Å². The minimum atomic E-state index is -0.0307. The molecule has 1 aromatic heterocycles. The van der Waals surface area contributed by atoms with E-state index in [9.17, 15) is 5.11 Å². The van der Waals surface area contributed by atoms with E-state index in [1.165, 1.54) is 0 Å². The normalized spacial score (nSPS) is 22.2. The Labute approximate surface area is 136 Å². The molecule has 0 aliphatic carbocycles. The van der Waals surface area contributed by atoms with Gasteiger partial charge in [0.05, 0.1) is 13.7 Å². The summed E-state index contributed by atoms with van der Waals surface area (Å²) in [6, 6.07) is 7.55. The van der Waals surface area contributed by atoms with Crippen molar-refractivity contribution in [1.29, 1.82) is 0 Å². The monoisotopic (exact) mass is 317 g/mol. The Balaban J connectivity index is 1.67. The van der Waals surface area contributed by atoms with Crippen molar-refractivity contribution in [1.82, 2.24) is 15.1 Å². The average molecular weight is 317 g/mol. The molecule has 6 heteroatoms. The van der Waals surface area contributed by atoms with Crippen molar-refractivity contribution in [3.8, 4) is 17.2 Å². The van der Waals surface area contributed by atoms with E-state index in [0.717, 1.165) is 37.2 Å². The van der Waals surface area contributed by atoms with E-state index in [1.54, 1.807) is 7.11 Å². The molecule has 2 aromatic rings. The summed E-state index contributed by atoms with van der Waals surface area (Å²) >= 11 is 0. The Morgan fingerprint density at radius 3 is 2.78 bits per heavy atom. The van der Waals surface area contributed by atoms with Crippen LogP contribution in [0.4, 0.5) is 0 Å². The maximum absolute atomic E-state index is 9.54. The number of likely N-dealkylation sites (tertiary alicyclic amines) is 1. The second-order valence-corrected chi connectivity index (χ2v) is 6.51. The predicted molar refractivity (Wildman–Crippen MR) is 86.0 cm³/mol. The molecule has 1 atom stereocenters. The topological polar surface area (TPSA) is 71.6 Å². The SMILES string of the molecule is COc1ccc(-c2nnc(CN3CCCC(C)(CO)C3)o2)cc1. The van der Waals surface area contributed by atoms with Crippen molar-refractivity contribution < 1.29 is 14.3 Å². The van der Waals surface area contributed by atoms with E-state index < -0.39 is 0 Å². The fourth-order valence-electron chi connectivity index (χ4n) is 3.05. The number of hydrogen-bond acceptors (Lipinski definition) is 6. The molecule has 1 aliphatic heterocycles. The van der Waals surface area contributed by atoms with Crippen molar-refractivity contribution in [2.45, 2.75) is 26.3 Å². The number of methoxy groups -OCH3 is 1. The van der Waals surface area contributed by atoms with Gasteiger partial charge in [-0.2, -0.15) is 0 Å².